The zero-order valence-electron chi connectivity index (χ0n) is 15.1. The van der Waals surface area contributed by atoms with Crippen LogP contribution in [0, 0.1) is 5.41 Å². The third-order valence-electron chi connectivity index (χ3n) is 5.90. The summed E-state index contributed by atoms with van der Waals surface area (Å²) in [5.74, 6) is -1.05. The number of anilines is 2. The van der Waals surface area contributed by atoms with Crippen LogP contribution in [-0.4, -0.2) is 43.6 Å². The predicted octanol–water partition coefficient (Wildman–Crippen LogP) is 1.72. The Kier molecular flexibility index (Phi) is 3.73. The summed E-state index contributed by atoms with van der Waals surface area (Å²) < 4.78 is 5.67. The standard InChI is InChI=1S/C21H19N3O4/c25-18-21(19(26)24(20(27)22-18)15-7-2-1-3-8-15)12-14-6-4-5-9-16(14)23-10-11-28-13-17(21)23/h1-9,17H,10-13H2,(H,22,25,27)/t17-,21+/m0/s1. The van der Waals surface area contributed by atoms with E-state index in [2.05, 4.69) is 10.2 Å². The fourth-order valence-corrected chi connectivity index (χ4v) is 4.57. The Morgan fingerprint density at radius 1 is 1.00 bits per heavy atom. The average molecular weight is 377 g/mol. The number of rotatable bonds is 1. The molecule has 0 saturated carbocycles. The van der Waals surface area contributed by atoms with Gasteiger partial charge in [0.25, 0.3) is 5.91 Å². The molecular formula is C21H19N3O4. The van der Waals surface area contributed by atoms with Gasteiger partial charge in [-0.1, -0.05) is 36.4 Å². The molecule has 3 heterocycles. The van der Waals surface area contributed by atoms with Gasteiger partial charge in [-0.3, -0.25) is 14.9 Å². The Labute approximate surface area is 161 Å². The maximum Gasteiger partial charge on any atom is 0.335 e. The molecule has 2 fully saturated rings. The second-order valence-corrected chi connectivity index (χ2v) is 7.30. The quantitative estimate of drug-likeness (QED) is 0.766. The first-order valence-electron chi connectivity index (χ1n) is 9.30. The summed E-state index contributed by atoms with van der Waals surface area (Å²) >= 11 is 0. The Bertz CT molecular complexity index is 977. The third kappa shape index (κ3) is 2.23. The lowest BCUT2D eigenvalue weighted by atomic mass is 9.68. The van der Waals surface area contributed by atoms with Gasteiger partial charge in [0.2, 0.25) is 5.91 Å². The minimum atomic E-state index is -1.42. The first kappa shape index (κ1) is 16.9. The van der Waals surface area contributed by atoms with Crippen LogP contribution in [0.15, 0.2) is 54.6 Å². The van der Waals surface area contributed by atoms with Gasteiger partial charge in [0.15, 0.2) is 5.41 Å². The maximum atomic E-state index is 13.8. The van der Waals surface area contributed by atoms with E-state index in [-0.39, 0.29) is 13.0 Å². The van der Waals surface area contributed by atoms with E-state index in [0.717, 1.165) is 16.2 Å². The van der Waals surface area contributed by atoms with Gasteiger partial charge in [-0.05, 0) is 30.2 Å². The molecule has 2 aromatic rings. The second-order valence-electron chi connectivity index (χ2n) is 7.30. The maximum absolute atomic E-state index is 13.8. The largest absolute Gasteiger partial charge is 0.377 e. The molecule has 0 aromatic heterocycles. The van der Waals surface area contributed by atoms with E-state index < -0.39 is 29.3 Å². The molecule has 1 spiro atoms. The number of hydrogen-bond acceptors (Lipinski definition) is 5. The van der Waals surface area contributed by atoms with Gasteiger partial charge in [0, 0.05) is 12.2 Å². The monoisotopic (exact) mass is 377 g/mol. The van der Waals surface area contributed by atoms with E-state index in [4.69, 9.17) is 4.74 Å². The summed E-state index contributed by atoms with van der Waals surface area (Å²) in [4.78, 5) is 42.7. The van der Waals surface area contributed by atoms with Crippen LogP contribution in [0.25, 0.3) is 0 Å². The first-order chi connectivity index (χ1) is 13.6. The molecule has 2 aromatic carbocycles. The second kappa shape index (κ2) is 6.17. The molecule has 3 aliphatic rings. The van der Waals surface area contributed by atoms with Crippen LogP contribution in [0.5, 0.6) is 0 Å². The number of carbonyl (C=O) groups excluding carboxylic acids is 3. The number of barbiturate groups is 1. The van der Waals surface area contributed by atoms with Gasteiger partial charge in [-0.2, -0.15) is 0 Å². The van der Waals surface area contributed by atoms with Gasteiger partial charge in [-0.15, -0.1) is 0 Å². The highest BCUT2D eigenvalue weighted by Crippen LogP contribution is 2.45. The average Bonchev–Trinajstić information content (AvgIpc) is 2.73. The van der Waals surface area contributed by atoms with Crippen molar-refractivity contribution in [2.24, 2.45) is 5.41 Å². The summed E-state index contributed by atoms with van der Waals surface area (Å²) in [7, 11) is 0. The van der Waals surface area contributed by atoms with Crippen molar-refractivity contribution >= 4 is 29.2 Å². The molecule has 4 amide bonds. The number of hydrogen-bond donors (Lipinski definition) is 1. The SMILES string of the molecule is O=C1NC(=O)[C@]2(Cc3ccccc3N3CCOC[C@H]32)C(=O)N1c1ccccc1. The van der Waals surface area contributed by atoms with Crippen LogP contribution in [0.2, 0.25) is 0 Å². The minimum absolute atomic E-state index is 0.231. The number of imide groups is 2. The summed E-state index contributed by atoms with van der Waals surface area (Å²) in [6.45, 7) is 1.37. The number of morpholine rings is 1. The molecule has 3 aliphatic heterocycles. The van der Waals surface area contributed by atoms with Crippen LogP contribution >= 0.6 is 0 Å². The number of ether oxygens (including phenoxy) is 1. The van der Waals surface area contributed by atoms with Crippen molar-refractivity contribution in [1.29, 1.82) is 0 Å². The first-order valence-corrected chi connectivity index (χ1v) is 9.30. The number of urea groups is 1. The van der Waals surface area contributed by atoms with Crippen LogP contribution in [0.4, 0.5) is 16.2 Å². The van der Waals surface area contributed by atoms with Crippen molar-refractivity contribution in [3.63, 3.8) is 0 Å². The van der Waals surface area contributed by atoms with Gasteiger partial charge in [0.1, 0.15) is 0 Å². The van der Waals surface area contributed by atoms with Crippen LogP contribution in [0.1, 0.15) is 5.56 Å². The molecule has 0 unspecified atom stereocenters. The molecule has 7 heteroatoms. The predicted molar refractivity (Wildman–Crippen MR) is 102 cm³/mol. The lowest BCUT2D eigenvalue weighted by Gasteiger charge is -2.53. The summed E-state index contributed by atoms with van der Waals surface area (Å²) in [5.41, 5.74) is 0.967. The number of carbonyl (C=O) groups is 3. The topological polar surface area (TPSA) is 79.0 Å². The molecule has 2 saturated heterocycles. The number of benzene rings is 2. The lowest BCUT2D eigenvalue weighted by molar-refractivity contribution is -0.146. The molecule has 0 bridgehead atoms. The fraction of sp³-hybridized carbons (Fsp3) is 0.286. The number of fused-ring (bicyclic) bond motifs is 4. The molecule has 0 aliphatic carbocycles. The molecular weight excluding hydrogens is 358 g/mol. The van der Waals surface area contributed by atoms with Gasteiger partial charge in [-0.25, -0.2) is 9.69 Å². The molecule has 5 rings (SSSR count). The number of amides is 4. The molecule has 0 radical (unpaired) electrons. The van der Waals surface area contributed by atoms with Crippen LogP contribution in [-0.2, 0) is 20.7 Å². The molecule has 1 N–H and O–H groups in total. The van der Waals surface area contributed by atoms with Crippen molar-refractivity contribution in [2.75, 3.05) is 29.6 Å². The van der Waals surface area contributed by atoms with E-state index >= 15 is 0 Å². The molecule has 142 valence electrons. The highest BCUT2D eigenvalue weighted by molar-refractivity contribution is 6.30. The van der Waals surface area contributed by atoms with Gasteiger partial charge >= 0.3 is 6.03 Å². The van der Waals surface area contributed by atoms with Crippen molar-refractivity contribution in [3.8, 4) is 0 Å². The molecule has 28 heavy (non-hydrogen) atoms. The number of nitrogens with zero attached hydrogens (tertiary/aromatic N) is 2. The summed E-state index contributed by atoms with van der Waals surface area (Å²) in [5, 5.41) is 2.43. The highest BCUT2D eigenvalue weighted by atomic mass is 16.5. The van der Waals surface area contributed by atoms with Crippen molar-refractivity contribution in [1.82, 2.24) is 5.32 Å². The van der Waals surface area contributed by atoms with Crippen molar-refractivity contribution in [3.05, 3.63) is 60.2 Å². The van der Waals surface area contributed by atoms with E-state index in [1.54, 1.807) is 24.3 Å². The van der Waals surface area contributed by atoms with Crippen LogP contribution in [0.3, 0.4) is 0 Å². The Morgan fingerprint density at radius 3 is 2.57 bits per heavy atom. The molecule has 7 nitrogen and oxygen atoms in total. The van der Waals surface area contributed by atoms with Gasteiger partial charge in [0.05, 0.1) is 24.9 Å². The van der Waals surface area contributed by atoms with Crippen molar-refractivity contribution < 1.29 is 19.1 Å². The highest BCUT2D eigenvalue weighted by Gasteiger charge is 2.62. The number of nitrogens with one attached hydrogen (secondary N) is 1. The smallest absolute Gasteiger partial charge is 0.335 e. The zero-order valence-corrected chi connectivity index (χ0v) is 15.1. The van der Waals surface area contributed by atoms with E-state index in [1.165, 1.54) is 0 Å². The van der Waals surface area contributed by atoms with E-state index in [9.17, 15) is 14.4 Å². The Morgan fingerprint density at radius 2 is 1.75 bits per heavy atom. The van der Waals surface area contributed by atoms with Crippen LogP contribution < -0.4 is 15.1 Å². The number of para-hydroxylation sites is 2. The fourth-order valence-electron chi connectivity index (χ4n) is 4.57. The van der Waals surface area contributed by atoms with E-state index in [0.29, 0.717) is 18.8 Å². The Balaban J connectivity index is 1.67. The summed E-state index contributed by atoms with van der Waals surface area (Å²) in [6.07, 6.45) is 0.231. The minimum Gasteiger partial charge on any atom is -0.377 e. The lowest BCUT2D eigenvalue weighted by Crippen LogP contribution is -2.74. The van der Waals surface area contributed by atoms with Gasteiger partial charge < -0.3 is 9.64 Å². The van der Waals surface area contributed by atoms with E-state index in [1.807, 2.05) is 30.3 Å². The third-order valence-corrected chi connectivity index (χ3v) is 5.90. The zero-order chi connectivity index (χ0) is 19.3. The normalized spacial score (nSPS) is 26.7. The Hall–Kier alpha value is -3.19. The van der Waals surface area contributed by atoms with Crippen molar-refractivity contribution in [2.45, 2.75) is 12.5 Å². The molecule has 2 atom stereocenters. The summed E-state index contributed by atoms with van der Waals surface area (Å²) in [6, 6.07) is 15.3.